The number of amides is 2. The number of nitrogens with zero attached hydrogens (tertiary/aromatic N) is 4. The molecule has 4 rings (SSSR count). The second-order valence-corrected chi connectivity index (χ2v) is 9.78. The average Bonchev–Trinajstić information content (AvgIpc) is 3.40. The van der Waals surface area contributed by atoms with Gasteiger partial charge in [0.05, 0.1) is 0 Å². The molecule has 7 nitrogen and oxygen atoms in total. The summed E-state index contributed by atoms with van der Waals surface area (Å²) in [7, 11) is 0. The molecule has 3 heterocycles. The van der Waals surface area contributed by atoms with Crippen LogP contribution in [0.25, 0.3) is 0 Å². The van der Waals surface area contributed by atoms with Crippen LogP contribution in [0.4, 0.5) is 10.6 Å². The van der Waals surface area contributed by atoms with E-state index in [0.717, 1.165) is 43.9 Å². The monoisotopic (exact) mass is 389 g/mol. The standard InChI is InChI=1S/C21H35N5O2/c1-21(2,3)18-13-19(23-28-18)22-20(27)25-11-9-24(10-12-25)14-16-5-4-8-26(15-16)17-6-7-17/h13,16-17H,4-12,14-15H2,1-3H3,(H,22,23,27)/t16-/m0/s1. The maximum atomic E-state index is 12.6. The molecule has 1 atom stereocenters. The largest absolute Gasteiger partial charge is 0.359 e. The summed E-state index contributed by atoms with van der Waals surface area (Å²) < 4.78 is 5.35. The molecule has 1 saturated carbocycles. The van der Waals surface area contributed by atoms with Gasteiger partial charge in [0.1, 0.15) is 5.76 Å². The second kappa shape index (κ2) is 8.03. The molecule has 1 N–H and O–H groups in total. The van der Waals surface area contributed by atoms with Crippen LogP contribution in [0.5, 0.6) is 0 Å². The lowest BCUT2D eigenvalue weighted by molar-refractivity contribution is 0.0981. The molecule has 1 aromatic rings. The molecule has 2 amide bonds. The number of hydrogen-bond donors (Lipinski definition) is 1. The fourth-order valence-corrected chi connectivity index (χ4v) is 4.39. The van der Waals surface area contributed by atoms with Crippen LogP contribution in [0, 0.1) is 5.92 Å². The minimum absolute atomic E-state index is 0.0778. The third-order valence-electron chi connectivity index (χ3n) is 6.27. The van der Waals surface area contributed by atoms with Gasteiger partial charge in [-0.25, -0.2) is 4.79 Å². The summed E-state index contributed by atoms with van der Waals surface area (Å²) in [6.45, 7) is 13.4. The highest BCUT2D eigenvalue weighted by Gasteiger charge is 2.33. The number of rotatable bonds is 4. The highest BCUT2D eigenvalue weighted by molar-refractivity contribution is 5.88. The molecule has 0 aromatic carbocycles. The summed E-state index contributed by atoms with van der Waals surface area (Å²) in [5, 5.41) is 6.87. The Hall–Kier alpha value is -1.60. The summed E-state index contributed by atoms with van der Waals surface area (Å²) >= 11 is 0. The number of nitrogens with one attached hydrogen (secondary N) is 1. The van der Waals surface area contributed by atoms with Crippen LogP contribution in [0.2, 0.25) is 0 Å². The van der Waals surface area contributed by atoms with Crippen molar-refractivity contribution in [2.75, 3.05) is 51.1 Å². The van der Waals surface area contributed by atoms with Crippen molar-refractivity contribution in [3.63, 3.8) is 0 Å². The number of likely N-dealkylation sites (tertiary alicyclic amines) is 1. The van der Waals surface area contributed by atoms with E-state index in [-0.39, 0.29) is 11.4 Å². The molecular formula is C21H35N5O2. The Balaban J connectivity index is 1.21. The molecule has 28 heavy (non-hydrogen) atoms. The summed E-state index contributed by atoms with van der Waals surface area (Å²) in [6.07, 6.45) is 5.51. The van der Waals surface area contributed by atoms with E-state index in [1.807, 2.05) is 11.0 Å². The molecule has 0 bridgehead atoms. The van der Waals surface area contributed by atoms with E-state index in [1.54, 1.807) is 0 Å². The number of urea groups is 1. The molecule has 0 spiro atoms. The van der Waals surface area contributed by atoms with Crippen LogP contribution in [-0.2, 0) is 5.41 Å². The van der Waals surface area contributed by atoms with Crippen LogP contribution in [0.1, 0.15) is 52.2 Å². The summed E-state index contributed by atoms with van der Waals surface area (Å²) in [6, 6.07) is 2.63. The van der Waals surface area contributed by atoms with E-state index in [4.69, 9.17) is 4.52 Å². The van der Waals surface area contributed by atoms with Crippen molar-refractivity contribution in [2.24, 2.45) is 5.92 Å². The molecule has 2 aliphatic heterocycles. The Labute approximate surface area is 168 Å². The first kappa shape index (κ1) is 19.7. The van der Waals surface area contributed by atoms with Crippen LogP contribution in [0.15, 0.2) is 10.6 Å². The van der Waals surface area contributed by atoms with Gasteiger partial charge >= 0.3 is 6.03 Å². The van der Waals surface area contributed by atoms with Crippen molar-refractivity contribution >= 4 is 11.8 Å². The van der Waals surface area contributed by atoms with Gasteiger partial charge < -0.3 is 14.3 Å². The van der Waals surface area contributed by atoms with E-state index in [9.17, 15) is 4.79 Å². The molecule has 2 saturated heterocycles. The highest BCUT2D eigenvalue weighted by Crippen LogP contribution is 2.31. The quantitative estimate of drug-likeness (QED) is 0.858. The number of piperazine rings is 1. The van der Waals surface area contributed by atoms with Crippen LogP contribution < -0.4 is 5.32 Å². The topological polar surface area (TPSA) is 64.9 Å². The van der Waals surface area contributed by atoms with Gasteiger partial charge in [-0.15, -0.1) is 0 Å². The Bertz CT molecular complexity index is 671. The van der Waals surface area contributed by atoms with Gasteiger partial charge in [-0.1, -0.05) is 25.9 Å². The third-order valence-corrected chi connectivity index (χ3v) is 6.27. The van der Waals surface area contributed by atoms with E-state index in [2.05, 4.69) is 41.0 Å². The minimum Gasteiger partial charge on any atom is -0.359 e. The number of piperidine rings is 1. The lowest BCUT2D eigenvalue weighted by Gasteiger charge is -2.39. The van der Waals surface area contributed by atoms with Crippen LogP contribution in [-0.4, -0.2) is 77.7 Å². The highest BCUT2D eigenvalue weighted by atomic mass is 16.5. The zero-order valence-electron chi connectivity index (χ0n) is 17.6. The lowest BCUT2D eigenvalue weighted by atomic mass is 9.93. The summed E-state index contributed by atoms with van der Waals surface area (Å²) in [5.74, 6) is 2.07. The molecule has 7 heteroatoms. The molecule has 1 aromatic heterocycles. The molecule has 3 fully saturated rings. The zero-order valence-corrected chi connectivity index (χ0v) is 17.6. The van der Waals surface area contributed by atoms with Crippen molar-refractivity contribution in [3.8, 4) is 0 Å². The van der Waals surface area contributed by atoms with Crippen molar-refractivity contribution in [3.05, 3.63) is 11.8 Å². The molecule has 1 aliphatic carbocycles. The van der Waals surface area contributed by atoms with Crippen molar-refractivity contribution in [1.29, 1.82) is 0 Å². The fraction of sp³-hybridized carbons (Fsp3) is 0.810. The molecule has 0 radical (unpaired) electrons. The van der Waals surface area contributed by atoms with E-state index in [1.165, 1.54) is 45.3 Å². The Morgan fingerprint density at radius 3 is 2.57 bits per heavy atom. The molecular weight excluding hydrogens is 354 g/mol. The summed E-state index contributed by atoms with van der Waals surface area (Å²) in [4.78, 5) is 19.7. The number of anilines is 1. The van der Waals surface area contributed by atoms with Gasteiger partial charge in [0.2, 0.25) is 0 Å². The maximum absolute atomic E-state index is 12.6. The number of aromatic nitrogens is 1. The van der Waals surface area contributed by atoms with Gasteiger partial charge in [-0.3, -0.25) is 10.2 Å². The normalized spacial score (nSPS) is 25.1. The van der Waals surface area contributed by atoms with Crippen molar-refractivity contribution in [1.82, 2.24) is 19.9 Å². The van der Waals surface area contributed by atoms with Gasteiger partial charge in [0, 0.05) is 56.8 Å². The molecule has 156 valence electrons. The van der Waals surface area contributed by atoms with Crippen LogP contribution >= 0.6 is 0 Å². The average molecular weight is 390 g/mol. The smallest absolute Gasteiger partial charge is 0.323 e. The minimum atomic E-state index is -0.115. The molecule has 0 unspecified atom stereocenters. The van der Waals surface area contributed by atoms with Gasteiger partial charge in [0.15, 0.2) is 5.82 Å². The predicted octanol–water partition coefficient (Wildman–Crippen LogP) is 3.00. The maximum Gasteiger partial charge on any atom is 0.323 e. The Morgan fingerprint density at radius 1 is 1.18 bits per heavy atom. The van der Waals surface area contributed by atoms with Gasteiger partial charge in [0.25, 0.3) is 0 Å². The fourth-order valence-electron chi connectivity index (χ4n) is 4.39. The number of carbonyl (C=O) groups is 1. The molecule has 3 aliphatic rings. The van der Waals surface area contributed by atoms with E-state index in [0.29, 0.717) is 5.82 Å². The van der Waals surface area contributed by atoms with Crippen LogP contribution in [0.3, 0.4) is 0 Å². The van der Waals surface area contributed by atoms with Gasteiger partial charge in [-0.05, 0) is 38.1 Å². The lowest BCUT2D eigenvalue weighted by Crippen LogP contribution is -2.52. The van der Waals surface area contributed by atoms with Gasteiger partial charge in [-0.2, -0.15) is 0 Å². The number of hydrogen-bond acceptors (Lipinski definition) is 5. The van der Waals surface area contributed by atoms with Crippen molar-refractivity contribution in [2.45, 2.75) is 57.9 Å². The SMILES string of the molecule is CC(C)(C)c1cc(NC(=O)N2CCN(C[C@@H]3CCCN(C4CC4)C3)CC2)no1. The van der Waals surface area contributed by atoms with Crippen molar-refractivity contribution < 1.29 is 9.32 Å². The first-order chi connectivity index (χ1) is 13.4. The second-order valence-electron chi connectivity index (χ2n) is 9.78. The van der Waals surface area contributed by atoms with E-state index < -0.39 is 0 Å². The number of carbonyl (C=O) groups excluding carboxylic acids is 1. The zero-order chi connectivity index (χ0) is 19.7. The first-order valence-electron chi connectivity index (χ1n) is 10.9. The first-order valence-corrected chi connectivity index (χ1v) is 10.9. The predicted molar refractivity (Wildman–Crippen MR) is 110 cm³/mol. The third kappa shape index (κ3) is 4.87. The Kier molecular flexibility index (Phi) is 5.65. The summed E-state index contributed by atoms with van der Waals surface area (Å²) in [5.41, 5.74) is -0.115. The van der Waals surface area contributed by atoms with E-state index >= 15 is 0 Å². The Morgan fingerprint density at radius 2 is 1.93 bits per heavy atom.